The van der Waals surface area contributed by atoms with Crippen LogP contribution in [0.5, 0.6) is 0 Å². The van der Waals surface area contributed by atoms with E-state index in [9.17, 15) is 9.59 Å². The van der Waals surface area contributed by atoms with Gasteiger partial charge in [-0.3, -0.25) is 9.59 Å². The van der Waals surface area contributed by atoms with Crippen LogP contribution in [0.15, 0.2) is 41.8 Å². The van der Waals surface area contributed by atoms with Gasteiger partial charge in [0.1, 0.15) is 0 Å². The number of carbonyl (C=O) groups is 2. The SMILES string of the molecule is NC(=O)C1C=CC=CC1.O=Cc1cccs1. The molecule has 1 aromatic heterocycles. The zero-order valence-electron chi connectivity index (χ0n) is 8.71. The highest BCUT2D eigenvalue weighted by molar-refractivity contribution is 7.11. The quantitative estimate of drug-likeness (QED) is 0.798. The largest absolute Gasteiger partial charge is 0.369 e. The van der Waals surface area contributed by atoms with Crippen molar-refractivity contribution in [2.24, 2.45) is 11.7 Å². The van der Waals surface area contributed by atoms with E-state index in [0.717, 1.165) is 17.6 Å². The fourth-order valence-corrected chi connectivity index (χ4v) is 1.68. The summed E-state index contributed by atoms with van der Waals surface area (Å²) in [4.78, 5) is 21.2. The van der Waals surface area contributed by atoms with E-state index in [1.54, 1.807) is 6.07 Å². The molecule has 0 spiro atoms. The van der Waals surface area contributed by atoms with Crippen LogP contribution in [0.4, 0.5) is 0 Å². The van der Waals surface area contributed by atoms with E-state index >= 15 is 0 Å². The summed E-state index contributed by atoms with van der Waals surface area (Å²) in [5.74, 6) is -0.314. The summed E-state index contributed by atoms with van der Waals surface area (Å²) in [5, 5.41) is 1.88. The van der Waals surface area contributed by atoms with Crippen molar-refractivity contribution < 1.29 is 9.59 Å². The Labute approximate surface area is 98.3 Å². The van der Waals surface area contributed by atoms with Crippen LogP contribution in [0, 0.1) is 5.92 Å². The summed E-state index contributed by atoms with van der Waals surface area (Å²) in [6.45, 7) is 0. The molecule has 1 amide bonds. The molecule has 1 unspecified atom stereocenters. The second kappa shape index (κ2) is 6.74. The van der Waals surface area contributed by atoms with Gasteiger partial charge in [-0.15, -0.1) is 11.3 Å². The molecule has 0 aliphatic heterocycles. The third kappa shape index (κ3) is 4.23. The Morgan fingerprint density at radius 3 is 2.62 bits per heavy atom. The number of thiophene rings is 1. The molecule has 84 valence electrons. The Balaban J connectivity index is 0.000000165. The van der Waals surface area contributed by atoms with Crippen molar-refractivity contribution in [3.8, 4) is 0 Å². The lowest BCUT2D eigenvalue weighted by atomic mass is 10.0. The second-order valence-corrected chi connectivity index (χ2v) is 4.17. The summed E-state index contributed by atoms with van der Waals surface area (Å²) in [5.41, 5.74) is 5.04. The number of carbonyl (C=O) groups excluding carboxylic acids is 2. The molecule has 0 radical (unpaired) electrons. The molecule has 0 fully saturated rings. The van der Waals surface area contributed by atoms with E-state index in [-0.39, 0.29) is 11.8 Å². The molecule has 0 saturated heterocycles. The van der Waals surface area contributed by atoms with Crippen molar-refractivity contribution in [1.82, 2.24) is 0 Å². The van der Waals surface area contributed by atoms with Gasteiger partial charge in [0.15, 0.2) is 6.29 Å². The number of hydrogen-bond acceptors (Lipinski definition) is 3. The molecule has 1 aliphatic carbocycles. The van der Waals surface area contributed by atoms with Crippen LogP contribution in [0.3, 0.4) is 0 Å². The Hall–Kier alpha value is -1.68. The maximum atomic E-state index is 10.5. The van der Waals surface area contributed by atoms with Gasteiger partial charge in [0.25, 0.3) is 0 Å². The summed E-state index contributed by atoms with van der Waals surface area (Å²) in [6.07, 6.45) is 9.13. The van der Waals surface area contributed by atoms with Gasteiger partial charge in [0, 0.05) is 0 Å². The predicted octanol–water partition coefficient (Wildman–Crippen LogP) is 2.16. The molecule has 0 saturated carbocycles. The van der Waals surface area contributed by atoms with Crippen LogP contribution in [-0.2, 0) is 4.79 Å². The number of nitrogens with two attached hydrogens (primary N) is 1. The first-order valence-corrected chi connectivity index (χ1v) is 5.73. The van der Waals surface area contributed by atoms with Crippen molar-refractivity contribution in [2.45, 2.75) is 6.42 Å². The standard InChI is InChI=1S/C7H9NO.C5H4OS/c8-7(9)6-4-2-1-3-5-6;6-4-5-2-1-3-7-5/h1-4,6H,5H2,(H2,8,9);1-4H. The highest BCUT2D eigenvalue weighted by Crippen LogP contribution is 2.09. The average molecular weight is 235 g/mol. The monoisotopic (exact) mass is 235 g/mol. The van der Waals surface area contributed by atoms with Crippen LogP contribution in [0.1, 0.15) is 16.1 Å². The minimum Gasteiger partial charge on any atom is -0.369 e. The van der Waals surface area contributed by atoms with Crippen LogP contribution in [0.2, 0.25) is 0 Å². The molecule has 3 nitrogen and oxygen atoms in total. The molecule has 0 aromatic carbocycles. The summed E-state index contributed by atoms with van der Waals surface area (Å²) in [7, 11) is 0. The molecule has 2 rings (SSSR count). The highest BCUT2D eigenvalue weighted by Gasteiger charge is 2.09. The number of allylic oxidation sites excluding steroid dienone is 3. The van der Waals surface area contributed by atoms with Crippen LogP contribution >= 0.6 is 11.3 Å². The van der Waals surface area contributed by atoms with Gasteiger partial charge in [-0.1, -0.05) is 30.4 Å². The van der Waals surface area contributed by atoms with Gasteiger partial charge >= 0.3 is 0 Å². The van der Waals surface area contributed by atoms with E-state index in [1.807, 2.05) is 35.8 Å². The highest BCUT2D eigenvalue weighted by atomic mass is 32.1. The van der Waals surface area contributed by atoms with E-state index < -0.39 is 0 Å². The first-order valence-electron chi connectivity index (χ1n) is 4.85. The number of primary amides is 1. The normalized spacial score (nSPS) is 17.4. The van der Waals surface area contributed by atoms with Gasteiger partial charge in [0.05, 0.1) is 10.8 Å². The maximum absolute atomic E-state index is 10.5. The predicted molar refractivity (Wildman–Crippen MR) is 65.3 cm³/mol. The van der Waals surface area contributed by atoms with Crippen molar-refractivity contribution in [2.75, 3.05) is 0 Å². The Morgan fingerprint density at radius 1 is 1.50 bits per heavy atom. The molecule has 4 heteroatoms. The minimum atomic E-state index is -0.240. The molecule has 0 bridgehead atoms. The van der Waals surface area contributed by atoms with Crippen LogP contribution < -0.4 is 5.73 Å². The van der Waals surface area contributed by atoms with Crippen LogP contribution in [0.25, 0.3) is 0 Å². The Morgan fingerprint density at radius 2 is 2.31 bits per heavy atom. The lowest BCUT2D eigenvalue weighted by molar-refractivity contribution is -0.120. The lowest BCUT2D eigenvalue weighted by Crippen LogP contribution is -2.21. The average Bonchev–Trinajstić information content (AvgIpc) is 2.84. The summed E-state index contributed by atoms with van der Waals surface area (Å²) >= 11 is 1.45. The first kappa shape index (κ1) is 12.4. The number of aldehydes is 1. The van der Waals surface area contributed by atoms with Gasteiger partial charge in [-0.2, -0.15) is 0 Å². The molecular formula is C12H13NO2S. The number of amides is 1. The fourth-order valence-electron chi connectivity index (χ4n) is 1.15. The zero-order valence-corrected chi connectivity index (χ0v) is 9.52. The van der Waals surface area contributed by atoms with Crippen LogP contribution in [-0.4, -0.2) is 12.2 Å². The maximum Gasteiger partial charge on any atom is 0.224 e. The van der Waals surface area contributed by atoms with Crippen molar-refractivity contribution in [3.63, 3.8) is 0 Å². The topological polar surface area (TPSA) is 60.2 Å². The molecule has 1 atom stereocenters. The van der Waals surface area contributed by atoms with Gasteiger partial charge < -0.3 is 5.73 Å². The van der Waals surface area contributed by atoms with Crippen molar-refractivity contribution >= 4 is 23.5 Å². The Bertz CT molecular complexity index is 393. The molecule has 2 N–H and O–H groups in total. The third-order valence-corrected chi connectivity index (χ3v) is 2.80. The number of rotatable bonds is 2. The van der Waals surface area contributed by atoms with E-state index in [4.69, 9.17) is 5.73 Å². The first-order chi connectivity index (χ1) is 7.74. The number of hydrogen-bond donors (Lipinski definition) is 1. The lowest BCUT2D eigenvalue weighted by Gasteiger charge is -2.06. The molecule has 1 heterocycles. The zero-order chi connectivity index (χ0) is 11.8. The summed E-state index contributed by atoms with van der Waals surface area (Å²) < 4.78 is 0. The van der Waals surface area contributed by atoms with Gasteiger partial charge in [-0.05, 0) is 17.9 Å². The fraction of sp³-hybridized carbons (Fsp3) is 0.167. The molecular weight excluding hydrogens is 222 g/mol. The minimum absolute atomic E-state index is 0.0741. The molecule has 16 heavy (non-hydrogen) atoms. The van der Waals surface area contributed by atoms with Crippen molar-refractivity contribution in [3.05, 3.63) is 46.7 Å². The molecule has 1 aliphatic rings. The Kier molecular flexibility index (Phi) is 5.22. The van der Waals surface area contributed by atoms with E-state index in [2.05, 4.69) is 0 Å². The third-order valence-electron chi connectivity index (χ3n) is 2.01. The van der Waals surface area contributed by atoms with E-state index in [1.165, 1.54) is 11.3 Å². The van der Waals surface area contributed by atoms with E-state index in [0.29, 0.717) is 0 Å². The van der Waals surface area contributed by atoms with Gasteiger partial charge in [0.2, 0.25) is 5.91 Å². The molecule has 1 aromatic rings. The van der Waals surface area contributed by atoms with Gasteiger partial charge in [-0.25, -0.2) is 0 Å². The summed E-state index contributed by atoms with van der Waals surface area (Å²) in [6, 6.07) is 3.64. The second-order valence-electron chi connectivity index (χ2n) is 3.19. The van der Waals surface area contributed by atoms with Crippen molar-refractivity contribution in [1.29, 1.82) is 0 Å². The smallest absolute Gasteiger partial charge is 0.224 e.